The molecule has 0 bridgehead atoms. The van der Waals surface area contributed by atoms with Crippen molar-refractivity contribution in [2.75, 3.05) is 26.7 Å². The molecule has 1 aliphatic rings. The Hall–Kier alpha value is -3.39. The van der Waals surface area contributed by atoms with Crippen molar-refractivity contribution in [1.82, 2.24) is 19.8 Å². The number of aromatic amines is 1. The lowest BCUT2D eigenvalue weighted by Gasteiger charge is -2.35. The van der Waals surface area contributed by atoms with E-state index in [-0.39, 0.29) is 12.5 Å². The van der Waals surface area contributed by atoms with Crippen molar-refractivity contribution in [3.63, 3.8) is 0 Å². The van der Waals surface area contributed by atoms with E-state index in [0.717, 1.165) is 29.6 Å². The van der Waals surface area contributed by atoms with E-state index in [1.54, 1.807) is 37.4 Å². The van der Waals surface area contributed by atoms with Gasteiger partial charge in [0.25, 0.3) is 11.5 Å². The average Bonchev–Trinajstić information content (AvgIpc) is 2.89. The second-order valence-corrected chi connectivity index (χ2v) is 9.13. The normalized spacial score (nSPS) is 16.3. The first-order valence-corrected chi connectivity index (χ1v) is 12.4. The maximum atomic E-state index is 13.0. The predicted octanol–water partition coefficient (Wildman–Crippen LogP) is 3.13. The fraction of sp³-hybridized carbons (Fsp3) is 0.444. The molecule has 1 aromatic heterocycles. The molecule has 1 saturated heterocycles. The van der Waals surface area contributed by atoms with Crippen molar-refractivity contribution < 1.29 is 9.53 Å². The molecule has 186 valence electrons. The first-order chi connectivity index (χ1) is 17.0. The van der Waals surface area contributed by atoms with Gasteiger partial charge in [-0.05, 0) is 68.1 Å². The van der Waals surface area contributed by atoms with Gasteiger partial charge in [-0.1, -0.05) is 25.5 Å². The van der Waals surface area contributed by atoms with Crippen molar-refractivity contribution in [2.45, 2.75) is 51.6 Å². The summed E-state index contributed by atoms with van der Waals surface area (Å²) in [5.41, 5.74) is 0.688. The number of carbonyl (C=O) groups excluding carboxylic acids is 1. The quantitative estimate of drug-likeness (QED) is 0.461. The number of methoxy groups -OCH3 is 1. The number of carbonyl (C=O) groups is 1. The molecule has 0 spiro atoms. The SMILES string of the molecule is CC[C@H]1CCCCN1CCCNC(=O)c1ccc2c(=O)n(Cc3ccc(OC)cc3)c(=O)[nH]c2c1. The summed E-state index contributed by atoms with van der Waals surface area (Å²) in [5, 5.41) is 3.33. The van der Waals surface area contributed by atoms with E-state index in [1.165, 1.54) is 25.7 Å². The second kappa shape index (κ2) is 11.4. The van der Waals surface area contributed by atoms with Crippen LogP contribution in [0.1, 0.15) is 54.9 Å². The van der Waals surface area contributed by atoms with Gasteiger partial charge in [0, 0.05) is 24.7 Å². The summed E-state index contributed by atoms with van der Waals surface area (Å²) in [7, 11) is 1.58. The molecule has 0 radical (unpaired) electrons. The van der Waals surface area contributed by atoms with E-state index in [9.17, 15) is 14.4 Å². The first kappa shape index (κ1) is 24.7. The molecule has 4 rings (SSSR count). The fourth-order valence-electron chi connectivity index (χ4n) is 4.86. The lowest BCUT2D eigenvalue weighted by molar-refractivity contribution is 0.0947. The van der Waals surface area contributed by atoms with Crippen LogP contribution in [0.15, 0.2) is 52.1 Å². The molecule has 2 aromatic carbocycles. The van der Waals surface area contributed by atoms with Gasteiger partial charge in [0.15, 0.2) is 0 Å². The van der Waals surface area contributed by atoms with Crippen LogP contribution in [-0.4, -0.2) is 53.1 Å². The van der Waals surface area contributed by atoms with Gasteiger partial charge in [-0.2, -0.15) is 0 Å². The third kappa shape index (κ3) is 5.82. The van der Waals surface area contributed by atoms with Crippen molar-refractivity contribution >= 4 is 16.8 Å². The summed E-state index contributed by atoms with van der Waals surface area (Å²) in [5.74, 6) is 0.497. The van der Waals surface area contributed by atoms with Crippen molar-refractivity contribution in [3.05, 3.63) is 74.4 Å². The van der Waals surface area contributed by atoms with Crippen molar-refractivity contribution in [2.24, 2.45) is 0 Å². The van der Waals surface area contributed by atoms with E-state index in [0.29, 0.717) is 34.8 Å². The molecular weight excluding hydrogens is 444 g/mol. The predicted molar refractivity (Wildman–Crippen MR) is 137 cm³/mol. The summed E-state index contributed by atoms with van der Waals surface area (Å²) in [4.78, 5) is 43.6. The van der Waals surface area contributed by atoms with E-state index >= 15 is 0 Å². The van der Waals surface area contributed by atoms with Gasteiger partial charge in [0.2, 0.25) is 0 Å². The Labute approximate surface area is 204 Å². The van der Waals surface area contributed by atoms with Crippen molar-refractivity contribution in [3.8, 4) is 5.75 Å². The van der Waals surface area contributed by atoms with Gasteiger partial charge in [-0.25, -0.2) is 4.79 Å². The Morgan fingerprint density at radius 3 is 2.69 bits per heavy atom. The molecule has 0 saturated carbocycles. The van der Waals surface area contributed by atoms with Gasteiger partial charge in [-0.15, -0.1) is 0 Å². The molecule has 0 aliphatic carbocycles. The lowest BCUT2D eigenvalue weighted by Crippen LogP contribution is -2.40. The number of hydrogen-bond acceptors (Lipinski definition) is 5. The van der Waals surface area contributed by atoms with E-state index < -0.39 is 11.2 Å². The Kier molecular flexibility index (Phi) is 8.02. The number of piperidine rings is 1. The van der Waals surface area contributed by atoms with Crippen molar-refractivity contribution in [1.29, 1.82) is 0 Å². The van der Waals surface area contributed by atoms with Gasteiger partial charge in [0.05, 0.1) is 24.6 Å². The van der Waals surface area contributed by atoms with Crippen LogP contribution in [0.4, 0.5) is 0 Å². The van der Waals surface area contributed by atoms with Gasteiger partial charge >= 0.3 is 5.69 Å². The molecule has 1 amide bonds. The zero-order valence-electron chi connectivity index (χ0n) is 20.5. The first-order valence-electron chi connectivity index (χ1n) is 12.4. The van der Waals surface area contributed by atoms with Crippen LogP contribution in [0.3, 0.4) is 0 Å². The highest BCUT2D eigenvalue weighted by Gasteiger charge is 2.20. The topological polar surface area (TPSA) is 96.4 Å². The van der Waals surface area contributed by atoms with Crippen LogP contribution in [-0.2, 0) is 6.54 Å². The standard InChI is InChI=1S/C27H34N4O4/c1-3-21-7-4-5-15-30(21)16-6-14-28-25(32)20-10-13-23-24(17-20)29-27(34)31(26(23)33)18-19-8-11-22(35-2)12-9-19/h8-13,17,21H,3-7,14-16,18H2,1-2H3,(H,28,32)(H,29,34)/t21-/m0/s1. The van der Waals surface area contributed by atoms with E-state index in [4.69, 9.17) is 4.74 Å². The molecule has 1 aliphatic heterocycles. The maximum absolute atomic E-state index is 13.0. The molecule has 8 nitrogen and oxygen atoms in total. The van der Waals surface area contributed by atoms with E-state index in [2.05, 4.69) is 22.1 Å². The Morgan fingerprint density at radius 2 is 1.94 bits per heavy atom. The largest absolute Gasteiger partial charge is 0.497 e. The third-order valence-corrected chi connectivity index (χ3v) is 6.87. The number of H-pyrrole nitrogens is 1. The summed E-state index contributed by atoms with van der Waals surface area (Å²) in [6.07, 6.45) is 5.88. The summed E-state index contributed by atoms with van der Waals surface area (Å²) in [6.45, 7) is 5.09. The highest BCUT2D eigenvalue weighted by molar-refractivity contribution is 5.97. The number of likely N-dealkylation sites (tertiary alicyclic amines) is 1. The number of nitrogens with one attached hydrogen (secondary N) is 2. The van der Waals surface area contributed by atoms with Gasteiger partial charge in [-0.3, -0.25) is 14.2 Å². The summed E-state index contributed by atoms with van der Waals surface area (Å²) >= 11 is 0. The zero-order chi connectivity index (χ0) is 24.8. The fourth-order valence-corrected chi connectivity index (χ4v) is 4.86. The zero-order valence-corrected chi connectivity index (χ0v) is 20.5. The number of amides is 1. The lowest BCUT2D eigenvalue weighted by atomic mass is 10.00. The van der Waals surface area contributed by atoms with Crippen LogP contribution in [0, 0.1) is 0 Å². The van der Waals surface area contributed by atoms with Crippen LogP contribution >= 0.6 is 0 Å². The summed E-state index contributed by atoms with van der Waals surface area (Å²) in [6, 6.07) is 12.7. The minimum Gasteiger partial charge on any atom is -0.497 e. The molecule has 2 heterocycles. The van der Waals surface area contributed by atoms with Gasteiger partial charge < -0.3 is 19.9 Å². The monoisotopic (exact) mass is 478 g/mol. The molecule has 1 fully saturated rings. The molecular formula is C27H34N4O4. The second-order valence-electron chi connectivity index (χ2n) is 9.13. The van der Waals surface area contributed by atoms with E-state index in [1.807, 2.05) is 12.1 Å². The highest BCUT2D eigenvalue weighted by Crippen LogP contribution is 2.19. The molecule has 0 unspecified atom stereocenters. The van der Waals surface area contributed by atoms with Crippen LogP contribution in [0.25, 0.3) is 10.9 Å². The molecule has 8 heteroatoms. The minimum atomic E-state index is -0.511. The Bertz CT molecular complexity index is 1280. The number of benzene rings is 2. The number of rotatable bonds is 9. The Morgan fingerprint density at radius 1 is 1.14 bits per heavy atom. The highest BCUT2D eigenvalue weighted by atomic mass is 16.5. The summed E-state index contributed by atoms with van der Waals surface area (Å²) < 4.78 is 6.31. The van der Waals surface area contributed by atoms with Crippen LogP contribution in [0.5, 0.6) is 5.75 Å². The van der Waals surface area contributed by atoms with Crippen LogP contribution < -0.4 is 21.3 Å². The third-order valence-electron chi connectivity index (χ3n) is 6.87. The molecule has 3 aromatic rings. The number of nitrogens with zero attached hydrogens (tertiary/aromatic N) is 2. The average molecular weight is 479 g/mol. The number of aromatic nitrogens is 2. The minimum absolute atomic E-state index is 0.145. The number of hydrogen-bond donors (Lipinski definition) is 2. The number of ether oxygens (including phenoxy) is 1. The molecule has 2 N–H and O–H groups in total. The molecule has 1 atom stereocenters. The maximum Gasteiger partial charge on any atom is 0.329 e. The van der Waals surface area contributed by atoms with Crippen LogP contribution in [0.2, 0.25) is 0 Å². The Balaban J connectivity index is 1.41. The van der Waals surface area contributed by atoms with Gasteiger partial charge in [0.1, 0.15) is 5.75 Å². The molecule has 35 heavy (non-hydrogen) atoms. The smallest absolute Gasteiger partial charge is 0.329 e. The number of fused-ring (bicyclic) bond motifs is 1.